The molecule has 6 amide bonds. The third-order valence-electron chi connectivity index (χ3n) is 14.3. The summed E-state index contributed by atoms with van der Waals surface area (Å²) in [7, 11) is 20.4. The minimum atomic E-state index is -1.54. The van der Waals surface area contributed by atoms with Crippen molar-refractivity contribution >= 4 is 59.0 Å². The van der Waals surface area contributed by atoms with E-state index < -0.39 is 65.5 Å². The van der Waals surface area contributed by atoms with Gasteiger partial charge in [-0.3, -0.25) is 28.8 Å². The fourth-order valence-electron chi connectivity index (χ4n) is 9.40. The van der Waals surface area contributed by atoms with Crippen LogP contribution >= 0.6 is 0 Å². The molecule has 7 N–H and O–H groups in total. The number of amides is 6. The summed E-state index contributed by atoms with van der Waals surface area (Å²) in [6.07, 6.45) is 30.2. The summed E-state index contributed by atoms with van der Waals surface area (Å²) in [4.78, 5) is 80.4. The Hall–Kier alpha value is -3.03. The minimum absolute atomic E-state index is 0.110. The molecule has 63 heavy (non-hydrogen) atoms. The van der Waals surface area contributed by atoms with Gasteiger partial charge in [0.15, 0.2) is 0 Å². The van der Waals surface area contributed by atoms with Gasteiger partial charge in [-0.2, -0.15) is 0 Å². The van der Waals surface area contributed by atoms with Gasteiger partial charge in [-0.1, -0.05) is 161 Å². The van der Waals surface area contributed by atoms with Crippen LogP contribution in [0.4, 0.5) is 0 Å². The van der Waals surface area contributed by atoms with Gasteiger partial charge in [0, 0.05) is 19.0 Å². The maximum absolute atomic E-state index is 13.8. The molecule has 4 rings (SSSR count). The van der Waals surface area contributed by atoms with E-state index in [4.69, 9.17) is 23.5 Å². The fourth-order valence-corrected chi connectivity index (χ4v) is 9.40. The summed E-state index contributed by atoms with van der Waals surface area (Å²) in [6, 6.07) is -2.77. The van der Waals surface area contributed by atoms with Crippen molar-refractivity contribution in [2.45, 2.75) is 235 Å². The number of unbranched alkanes of at least 4 members (excludes halogenated alkanes) is 3. The fraction of sp³-hybridized carbons (Fsp3) is 0.872. The van der Waals surface area contributed by atoms with Crippen LogP contribution < -0.4 is 37.2 Å². The zero-order chi connectivity index (χ0) is 45.4. The minimum Gasteiger partial charge on any atom is -0.357 e. The van der Waals surface area contributed by atoms with Crippen LogP contribution in [0, 0.1) is 17.8 Å². The Balaban J connectivity index is 1.33. The standard InChI is InChI=1S/C47H80B3N7O6/c1-51-42(58)36(29-12-9-18-32-21-15-22-32)53-46(62)40(49)56-44(60)38(31-14-11-20-34-25-17-26-34)55-47(63)41(50)57-43(59)37(30-13-10-19-33-23-16-24-33)54-45(61)39(48)52-35-27-7-5-3-2-4-6-8-28-35/h32-41,52H,2-31H2,1H3,(H,51,58)(H,53,62)(H,54,61)(H,55,63)(H,56,60)(H,57,59)/t36-,37-,38-,39+,40+,41+/m0/s1. The maximum atomic E-state index is 13.8. The number of carbonyl (C=O) groups excluding carboxylic acids is 6. The lowest BCUT2D eigenvalue weighted by Gasteiger charge is -2.28. The van der Waals surface area contributed by atoms with Gasteiger partial charge in [-0.05, 0) is 49.9 Å². The molecule has 0 aromatic heterocycles. The summed E-state index contributed by atoms with van der Waals surface area (Å²) in [5, 5.41) is 19.2. The van der Waals surface area contributed by atoms with Crippen LogP contribution in [0.15, 0.2) is 0 Å². The lowest BCUT2D eigenvalue weighted by molar-refractivity contribution is -0.133. The Labute approximate surface area is 383 Å². The monoisotopic (exact) mass is 872 g/mol. The normalized spacial score (nSPS) is 20.7. The van der Waals surface area contributed by atoms with E-state index in [1.807, 2.05) is 0 Å². The largest absolute Gasteiger partial charge is 0.357 e. The Morgan fingerprint density at radius 2 is 0.730 bits per heavy atom. The summed E-state index contributed by atoms with van der Waals surface area (Å²) in [5.41, 5.74) is 0. The summed E-state index contributed by atoms with van der Waals surface area (Å²) in [6.45, 7) is 0. The Morgan fingerprint density at radius 1 is 0.397 bits per heavy atom. The van der Waals surface area contributed by atoms with E-state index in [0.29, 0.717) is 37.5 Å². The average Bonchev–Trinajstić information content (AvgIpc) is 3.21. The van der Waals surface area contributed by atoms with Gasteiger partial charge in [-0.25, -0.2) is 0 Å². The topological polar surface area (TPSA) is 187 Å². The summed E-state index contributed by atoms with van der Waals surface area (Å²) >= 11 is 0. The molecular formula is C47H80B3N7O6. The van der Waals surface area contributed by atoms with Crippen LogP contribution in [-0.2, 0) is 28.8 Å². The molecule has 6 atom stereocenters. The second-order valence-electron chi connectivity index (χ2n) is 19.4. The van der Waals surface area contributed by atoms with E-state index in [1.54, 1.807) is 0 Å². The highest BCUT2D eigenvalue weighted by atomic mass is 16.2. The first kappa shape index (κ1) is 52.6. The average molecular weight is 872 g/mol. The summed E-state index contributed by atoms with van der Waals surface area (Å²) < 4.78 is 0. The highest BCUT2D eigenvalue weighted by Crippen LogP contribution is 2.32. The van der Waals surface area contributed by atoms with Gasteiger partial charge in [0.05, 0.1) is 11.9 Å². The molecule has 4 fully saturated rings. The molecule has 6 radical (unpaired) electrons. The molecule has 0 aliphatic heterocycles. The quantitative estimate of drug-likeness (QED) is 0.0447. The van der Waals surface area contributed by atoms with Crippen molar-refractivity contribution in [1.82, 2.24) is 37.2 Å². The van der Waals surface area contributed by atoms with Crippen molar-refractivity contribution in [2.75, 3.05) is 7.05 Å². The predicted molar refractivity (Wildman–Crippen MR) is 251 cm³/mol. The summed E-state index contributed by atoms with van der Waals surface area (Å²) in [5.74, 6) is -5.55. The lowest BCUT2D eigenvalue weighted by atomic mass is 9.81. The molecule has 348 valence electrons. The van der Waals surface area contributed by atoms with Crippen LogP contribution in [0.3, 0.4) is 0 Å². The zero-order valence-corrected chi connectivity index (χ0v) is 38.7. The molecule has 13 nitrogen and oxygen atoms in total. The van der Waals surface area contributed by atoms with Crippen molar-refractivity contribution < 1.29 is 28.8 Å². The second kappa shape index (κ2) is 29.5. The molecule has 0 heterocycles. The lowest BCUT2D eigenvalue weighted by Crippen LogP contribution is -2.60. The van der Waals surface area contributed by atoms with E-state index in [2.05, 4.69) is 37.2 Å². The first-order valence-corrected chi connectivity index (χ1v) is 25.2. The van der Waals surface area contributed by atoms with E-state index in [-0.39, 0.29) is 18.4 Å². The van der Waals surface area contributed by atoms with Crippen molar-refractivity contribution in [3.63, 3.8) is 0 Å². The third kappa shape index (κ3) is 19.9. The van der Waals surface area contributed by atoms with Gasteiger partial charge in [0.25, 0.3) is 0 Å². The Bertz CT molecular complexity index is 1410. The predicted octanol–water partition coefficient (Wildman–Crippen LogP) is 4.47. The second-order valence-corrected chi connectivity index (χ2v) is 19.4. The van der Waals surface area contributed by atoms with Crippen LogP contribution in [-0.4, -0.2) is 108 Å². The van der Waals surface area contributed by atoms with Crippen molar-refractivity contribution in [3.05, 3.63) is 0 Å². The molecule has 0 aromatic rings. The molecule has 0 aromatic carbocycles. The number of hydrogen-bond donors (Lipinski definition) is 7. The molecule has 0 unspecified atom stereocenters. The SMILES string of the molecule is [B][C@H](NC(=O)[C@H](CCCCC1CCC1)NC(=O)[C@H]([B])NC(=O)[C@H](CCCCC1CCC1)NC(=O)[C@H]([B])NC1CCCCCCCCC1)C(=O)N[C@@H](CCCCC1CCC1)C(=O)NC. The first-order chi connectivity index (χ1) is 30.4. The van der Waals surface area contributed by atoms with Crippen LogP contribution in [0.5, 0.6) is 0 Å². The van der Waals surface area contributed by atoms with Gasteiger partial charge >= 0.3 is 0 Å². The van der Waals surface area contributed by atoms with Crippen molar-refractivity contribution in [3.8, 4) is 0 Å². The van der Waals surface area contributed by atoms with Gasteiger partial charge < -0.3 is 37.2 Å². The highest BCUT2D eigenvalue weighted by Gasteiger charge is 2.31. The zero-order valence-electron chi connectivity index (χ0n) is 38.7. The molecule has 4 aliphatic carbocycles. The molecule has 4 aliphatic rings. The number of likely N-dealkylation sites (N-methyl/N-ethyl adjacent to an activating group) is 1. The van der Waals surface area contributed by atoms with Crippen LogP contribution in [0.2, 0.25) is 0 Å². The van der Waals surface area contributed by atoms with Crippen molar-refractivity contribution in [1.29, 1.82) is 0 Å². The highest BCUT2D eigenvalue weighted by molar-refractivity contribution is 6.27. The number of rotatable bonds is 28. The van der Waals surface area contributed by atoms with Gasteiger partial charge in [0.2, 0.25) is 35.4 Å². The maximum Gasteiger partial charge on any atom is 0.242 e. The van der Waals surface area contributed by atoms with Gasteiger partial charge in [-0.15, -0.1) is 0 Å². The van der Waals surface area contributed by atoms with E-state index in [9.17, 15) is 28.8 Å². The van der Waals surface area contributed by atoms with E-state index >= 15 is 0 Å². The number of carbonyl (C=O) groups is 6. The number of hydrogen-bond acceptors (Lipinski definition) is 7. The molecule has 0 saturated heterocycles. The smallest absolute Gasteiger partial charge is 0.242 e. The van der Waals surface area contributed by atoms with E-state index in [1.165, 1.54) is 84.1 Å². The number of nitrogens with one attached hydrogen (secondary N) is 7. The molecule has 4 saturated carbocycles. The van der Waals surface area contributed by atoms with Crippen molar-refractivity contribution in [2.24, 2.45) is 17.8 Å². The third-order valence-corrected chi connectivity index (χ3v) is 14.3. The van der Waals surface area contributed by atoms with E-state index in [0.717, 1.165) is 89.4 Å². The van der Waals surface area contributed by atoms with Crippen LogP contribution in [0.1, 0.15) is 193 Å². The molecule has 0 spiro atoms. The molecular weight excluding hydrogens is 791 g/mol. The molecule has 0 bridgehead atoms. The molecule has 16 heteroatoms. The Morgan fingerprint density at radius 3 is 1.06 bits per heavy atom. The Kier molecular flexibility index (Phi) is 24.6. The van der Waals surface area contributed by atoms with Gasteiger partial charge in [0.1, 0.15) is 41.7 Å². The van der Waals surface area contributed by atoms with Crippen LogP contribution in [0.25, 0.3) is 0 Å². The first-order valence-electron chi connectivity index (χ1n) is 25.2.